The van der Waals surface area contributed by atoms with Gasteiger partial charge in [-0.15, -0.1) is 0 Å². The Balaban J connectivity index is 1.39. The number of nitrogens with zero attached hydrogens (tertiary/aromatic N) is 5. The number of amidine groups is 1. The van der Waals surface area contributed by atoms with Crippen molar-refractivity contribution < 1.29 is 52.7 Å². The van der Waals surface area contributed by atoms with Gasteiger partial charge in [-0.25, -0.2) is 4.99 Å². The predicted molar refractivity (Wildman–Crippen MR) is 309 cm³/mol. The summed E-state index contributed by atoms with van der Waals surface area (Å²) in [5.74, 6) is 0.577. The molecular formula is C56H74ClN5O11PS3+. The highest BCUT2D eigenvalue weighted by Gasteiger charge is 2.46. The lowest BCUT2D eigenvalue weighted by Crippen LogP contribution is -2.33. The third kappa shape index (κ3) is 15.8. The van der Waals surface area contributed by atoms with E-state index < -0.39 is 55.2 Å². The van der Waals surface area contributed by atoms with Crippen LogP contribution in [0.25, 0.3) is 16.3 Å². The molecule has 3 aromatic carbocycles. The average Bonchev–Trinajstić information content (AvgIpc) is 3.90. The first kappa shape index (κ1) is 61.6. The van der Waals surface area contributed by atoms with E-state index >= 15 is 0 Å². The quantitative estimate of drug-likeness (QED) is 0.0212. The zero-order valence-corrected chi connectivity index (χ0v) is 49.6. The molecule has 0 saturated heterocycles. The van der Waals surface area contributed by atoms with Crippen LogP contribution in [-0.2, 0) is 40.3 Å². The van der Waals surface area contributed by atoms with Crippen molar-refractivity contribution in [1.82, 2.24) is 9.57 Å². The molecule has 418 valence electrons. The molecule has 1 unspecified atom stereocenters. The van der Waals surface area contributed by atoms with Gasteiger partial charge in [-0.05, 0) is 157 Å². The summed E-state index contributed by atoms with van der Waals surface area (Å²) in [4.78, 5) is 6.82. The number of allylic oxidation sites excluding steroid dienone is 8. The number of hydrogen-bond acceptors (Lipinski definition) is 12. The minimum Gasteiger partial charge on any atom is -0.494 e. The number of nitriles is 1. The van der Waals surface area contributed by atoms with Crippen LogP contribution in [0.3, 0.4) is 0 Å². The van der Waals surface area contributed by atoms with Crippen LogP contribution in [0.5, 0.6) is 5.75 Å². The lowest BCUT2D eigenvalue weighted by molar-refractivity contribution is -0.438. The van der Waals surface area contributed by atoms with Crippen LogP contribution in [-0.4, -0.2) is 121 Å². The molecule has 0 amide bonds. The van der Waals surface area contributed by atoms with E-state index in [1.165, 1.54) is 12.1 Å². The summed E-state index contributed by atoms with van der Waals surface area (Å²) in [5.41, 5.74) is 4.96. The number of halogens is 1. The summed E-state index contributed by atoms with van der Waals surface area (Å²) in [7, 11) is -13.8. The standard InChI is InChI=1S/C56H73ClN5O11PS3/c1-39(2)62(40(3)4)74(31-17-26-58)73-30-13-12-29-72-45-19-16-18-43(35-45)42(20-24-51-55(6,7)49-36-44(57)38-60(54(49)59-51)27-10-14-32-75(63,64)65)21-25-52-56(8,9)53-48-37-46(77(69,70)71)34-41(5)47(48)22-23-50(53)61(52)28-11-15-33-76(66,67)68/h16,18-25,34-40H,10-15,17,27-33H2,1-9H3,(H2-,63,64,65,66,67,68,69,70,71)/p+1. The van der Waals surface area contributed by atoms with E-state index in [9.17, 15) is 44.2 Å². The number of benzene rings is 3. The van der Waals surface area contributed by atoms with Crippen LogP contribution in [0.15, 0.2) is 111 Å². The first-order valence-corrected chi connectivity index (χ1v) is 32.4. The van der Waals surface area contributed by atoms with Gasteiger partial charge in [0.2, 0.25) is 5.69 Å². The Kier molecular flexibility index (Phi) is 20.6. The highest BCUT2D eigenvalue weighted by atomic mass is 35.5. The lowest BCUT2D eigenvalue weighted by atomic mass is 9.78. The van der Waals surface area contributed by atoms with Crippen molar-refractivity contribution in [2.24, 2.45) is 10.4 Å². The number of rotatable bonds is 27. The fraction of sp³-hybridized carbons (Fsp3) is 0.482. The van der Waals surface area contributed by atoms with Crippen LogP contribution in [0, 0.1) is 23.7 Å². The predicted octanol–water partition coefficient (Wildman–Crippen LogP) is 11.9. The first-order valence-electron chi connectivity index (χ1n) is 26.0. The molecule has 21 heteroatoms. The molecule has 0 saturated carbocycles. The van der Waals surface area contributed by atoms with Crippen molar-refractivity contribution in [3.05, 3.63) is 118 Å². The Bertz CT molecular complexity index is 3310. The summed E-state index contributed by atoms with van der Waals surface area (Å²) in [6, 6.07) is 17.5. The van der Waals surface area contributed by atoms with Crippen molar-refractivity contribution in [3.8, 4) is 11.8 Å². The number of aliphatic imine (C=N–C) groups is 1. The van der Waals surface area contributed by atoms with Crippen molar-refractivity contribution in [2.45, 2.75) is 130 Å². The summed E-state index contributed by atoms with van der Waals surface area (Å²) in [6.45, 7) is 20.4. The van der Waals surface area contributed by atoms with Crippen molar-refractivity contribution in [2.75, 3.05) is 44.0 Å². The van der Waals surface area contributed by atoms with Crippen LogP contribution in [0.1, 0.15) is 117 Å². The molecule has 3 heterocycles. The molecule has 3 aliphatic heterocycles. The van der Waals surface area contributed by atoms with E-state index in [0.29, 0.717) is 79.3 Å². The van der Waals surface area contributed by atoms with E-state index in [-0.39, 0.29) is 35.6 Å². The highest BCUT2D eigenvalue weighted by molar-refractivity contribution is 7.86. The van der Waals surface area contributed by atoms with Crippen molar-refractivity contribution >= 4 is 83.8 Å². The smallest absolute Gasteiger partial charge is 0.294 e. The fourth-order valence-electron chi connectivity index (χ4n) is 10.3. The molecule has 77 heavy (non-hydrogen) atoms. The van der Waals surface area contributed by atoms with Crippen LogP contribution < -0.4 is 4.74 Å². The number of ether oxygens (including phenoxy) is 1. The molecule has 3 N–H and O–H groups in total. The molecule has 1 atom stereocenters. The summed E-state index contributed by atoms with van der Waals surface area (Å²) in [5, 5.41) is 11.3. The third-order valence-corrected chi connectivity index (χ3v) is 19.1. The van der Waals surface area contributed by atoms with Gasteiger partial charge in [0.1, 0.15) is 26.4 Å². The van der Waals surface area contributed by atoms with Gasteiger partial charge in [0, 0.05) is 72.5 Å². The molecular weight excluding hydrogens is 1080 g/mol. The molecule has 0 aromatic heterocycles. The second-order valence-electron chi connectivity index (χ2n) is 21.2. The molecule has 3 aromatic rings. The monoisotopic (exact) mass is 1150 g/mol. The Morgan fingerprint density at radius 2 is 1.56 bits per heavy atom. The van der Waals surface area contributed by atoms with E-state index in [1.807, 2.05) is 85.5 Å². The van der Waals surface area contributed by atoms with Gasteiger partial charge in [-0.1, -0.05) is 43.7 Å². The topological polar surface area (TPSA) is 227 Å². The summed E-state index contributed by atoms with van der Waals surface area (Å²) < 4.78 is 118. The molecule has 0 fully saturated rings. The maximum atomic E-state index is 12.6. The van der Waals surface area contributed by atoms with E-state index in [1.54, 1.807) is 13.1 Å². The first-order chi connectivity index (χ1) is 36.0. The molecule has 0 radical (unpaired) electrons. The minimum absolute atomic E-state index is 0.191. The minimum atomic E-state index is -4.56. The average molecular weight is 1160 g/mol. The van der Waals surface area contributed by atoms with Crippen LogP contribution in [0.4, 0.5) is 5.69 Å². The molecule has 6 rings (SSSR count). The molecule has 0 spiro atoms. The summed E-state index contributed by atoms with van der Waals surface area (Å²) >= 11 is 6.68. The Hall–Kier alpha value is -4.58. The highest BCUT2D eigenvalue weighted by Crippen LogP contribution is 2.48. The number of fused-ring (bicyclic) bond motifs is 4. The van der Waals surface area contributed by atoms with Gasteiger partial charge in [-0.2, -0.15) is 35.1 Å². The van der Waals surface area contributed by atoms with E-state index in [4.69, 9.17) is 25.9 Å². The van der Waals surface area contributed by atoms with E-state index in [0.717, 1.165) is 57.6 Å². The maximum Gasteiger partial charge on any atom is 0.294 e. The normalized spacial score (nSPS) is 17.6. The Morgan fingerprint density at radius 1 is 0.883 bits per heavy atom. The van der Waals surface area contributed by atoms with Gasteiger partial charge in [0.05, 0.1) is 51.8 Å². The van der Waals surface area contributed by atoms with Gasteiger partial charge in [0.25, 0.3) is 30.4 Å². The fourth-order valence-corrected chi connectivity index (χ4v) is 14.4. The zero-order chi connectivity index (χ0) is 56.7. The second-order valence-corrected chi connectivity index (χ2v) is 28.1. The van der Waals surface area contributed by atoms with Crippen molar-refractivity contribution in [3.63, 3.8) is 0 Å². The Labute approximate surface area is 462 Å². The molecule has 0 aliphatic carbocycles. The maximum absolute atomic E-state index is 12.6. The SMILES string of the molecule is Cc1cc(S(=O)(=O)O)cc2c3c(ccc12)[N+](CCCCS(=O)(=O)O)=C(/C=C/C(=C/C=C1/N=C2C(=CC(Cl)=CN2CCCCS(=O)(=O)O)C1(C)C)c1cccc(OCCCCOP(CCC#N)N(C(C)C)C(C)C)c1)C3(C)C. The van der Waals surface area contributed by atoms with Crippen molar-refractivity contribution in [1.29, 1.82) is 5.26 Å². The van der Waals surface area contributed by atoms with Gasteiger partial charge >= 0.3 is 0 Å². The molecule has 0 bridgehead atoms. The largest absolute Gasteiger partial charge is 0.494 e. The van der Waals surface area contributed by atoms with Crippen LogP contribution >= 0.6 is 19.9 Å². The van der Waals surface area contributed by atoms with Gasteiger partial charge in [-0.3, -0.25) is 18.3 Å². The van der Waals surface area contributed by atoms with Gasteiger partial charge < -0.3 is 14.2 Å². The number of hydrogen-bond donors (Lipinski definition) is 3. The summed E-state index contributed by atoms with van der Waals surface area (Å²) in [6.07, 6.45) is 15.5. The number of aryl methyl sites for hydroxylation is 1. The zero-order valence-electron chi connectivity index (χ0n) is 45.5. The molecule has 3 aliphatic rings. The second kappa shape index (κ2) is 25.7. The van der Waals surface area contributed by atoms with E-state index in [2.05, 4.69) is 56.9 Å². The van der Waals surface area contributed by atoms with Crippen LogP contribution in [0.2, 0.25) is 0 Å². The van der Waals surface area contributed by atoms with Gasteiger partial charge in [0.15, 0.2) is 5.71 Å². The third-order valence-electron chi connectivity index (χ3n) is 13.9. The lowest BCUT2D eigenvalue weighted by Gasteiger charge is -2.37. The Morgan fingerprint density at radius 3 is 2.21 bits per heavy atom. The molecule has 16 nitrogen and oxygen atoms in total. The number of unbranched alkanes of at least 4 members (excludes halogenated alkanes) is 3.